The van der Waals surface area contributed by atoms with Crippen molar-refractivity contribution in [2.24, 2.45) is 0 Å². The first-order valence-corrected chi connectivity index (χ1v) is 12.2. The molecule has 38 heavy (non-hydrogen) atoms. The van der Waals surface area contributed by atoms with Crippen molar-refractivity contribution < 1.29 is 34.1 Å². The Bertz CT molecular complexity index is 1230. The van der Waals surface area contributed by atoms with Crippen LogP contribution in [0.15, 0.2) is 72.8 Å². The SMILES string of the molecule is COc1ccc(CN2CCN(C(=O)c3cccc(Cl)c3)CC2)cc1OCc1ccccc1.O=C(O)C(=O)O. The van der Waals surface area contributed by atoms with Gasteiger partial charge in [-0.15, -0.1) is 0 Å². The number of hydrogen-bond acceptors (Lipinski definition) is 6. The van der Waals surface area contributed by atoms with Gasteiger partial charge in [-0.3, -0.25) is 9.69 Å². The first kappa shape index (κ1) is 28.5. The molecular formula is C28H29ClN2O7. The number of carboxylic acid groups (broad SMARTS) is 2. The van der Waals surface area contributed by atoms with Crippen LogP contribution in [0.2, 0.25) is 5.02 Å². The summed E-state index contributed by atoms with van der Waals surface area (Å²) < 4.78 is 11.5. The minimum atomic E-state index is -1.82. The minimum Gasteiger partial charge on any atom is -0.493 e. The van der Waals surface area contributed by atoms with E-state index in [1.54, 1.807) is 19.2 Å². The first-order valence-electron chi connectivity index (χ1n) is 11.8. The van der Waals surface area contributed by atoms with Gasteiger partial charge in [0.15, 0.2) is 11.5 Å². The molecule has 1 aliphatic rings. The van der Waals surface area contributed by atoms with E-state index in [0.717, 1.165) is 42.3 Å². The summed E-state index contributed by atoms with van der Waals surface area (Å²) in [4.78, 5) is 35.2. The number of benzene rings is 3. The molecule has 0 unspecified atom stereocenters. The highest BCUT2D eigenvalue weighted by molar-refractivity contribution is 6.31. The number of nitrogens with zero attached hydrogens (tertiary/aromatic N) is 2. The largest absolute Gasteiger partial charge is 0.493 e. The standard InChI is InChI=1S/C26H27ClN2O3.C2H2O4/c1-31-24-11-10-21(16-25(24)32-19-20-6-3-2-4-7-20)18-28-12-14-29(15-13-28)26(30)22-8-5-9-23(27)17-22;3-1(4)2(5)6/h2-11,16-17H,12-15,18-19H2,1H3;(H,3,4)(H,5,6). The smallest absolute Gasteiger partial charge is 0.414 e. The summed E-state index contributed by atoms with van der Waals surface area (Å²) in [6.07, 6.45) is 0. The van der Waals surface area contributed by atoms with Gasteiger partial charge in [-0.2, -0.15) is 0 Å². The van der Waals surface area contributed by atoms with Gasteiger partial charge in [-0.05, 0) is 41.5 Å². The highest BCUT2D eigenvalue weighted by Gasteiger charge is 2.22. The quantitative estimate of drug-likeness (QED) is 0.431. The molecule has 4 rings (SSSR count). The maximum Gasteiger partial charge on any atom is 0.414 e. The maximum absolute atomic E-state index is 12.7. The van der Waals surface area contributed by atoms with Gasteiger partial charge in [0, 0.05) is 43.3 Å². The molecule has 0 aliphatic carbocycles. The summed E-state index contributed by atoms with van der Waals surface area (Å²) in [6.45, 7) is 4.31. The summed E-state index contributed by atoms with van der Waals surface area (Å²) in [5.41, 5.74) is 2.91. The van der Waals surface area contributed by atoms with Crippen LogP contribution in [-0.2, 0) is 22.7 Å². The van der Waals surface area contributed by atoms with E-state index in [-0.39, 0.29) is 5.91 Å². The van der Waals surface area contributed by atoms with E-state index < -0.39 is 11.9 Å². The van der Waals surface area contributed by atoms with Gasteiger partial charge < -0.3 is 24.6 Å². The number of ether oxygens (including phenoxy) is 2. The molecule has 1 heterocycles. The third kappa shape index (κ3) is 8.50. The summed E-state index contributed by atoms with van der Waals surface area (Å²) >= 11 is 6.03. The van der Waals surface area contributed by atoms with Gasteiger partial charge in [0.2, 0.25) is 0 Å². The molecule has 0 radical (unpaired) electrons. The average Bonchev–Trinajstić information content (AvgIpc) is 2.93. The number of methoxy groups -OCH3 is 1. The number of halogens is 1. The summed E-state index contributed by atoms with van der Waals surface area (Å²) in [7, 11) is 1.65. The van der Waals surface area contributed by atoms with Crippen molar-refractivity contribution in [3.8, 4) is 11.5 Å². The predicted molar refractivity (Wildman–Crippen MR) is 142 cm³/mol. The summed E-state index contributed by atoms with van der Waals surface area (Å²) in [5.74, 6) is -2.15. The molecule has 0 spiro atoms. The summed E-state index contributed by atoms with van der Waals surface area (Å²) in [5, 5.41) is 15.4. The molecule has 1 amide bonds. The Morgan fingerprint density at radius 3 is 2.11 bits per heavy atom. The lowest BCUT2D eigenvalue weighted by atomic mass is 10.1. The van der Waals surface area contributed by atoms with Crippen LogP contribution >= 0.6 is 11.6 Å². The number of carbonyl (C=O) groups is 3. The number of amides is 1. The van der Waals surface area contributed by atoms with Crippen LogP contribution in [0.1, 0.15) is 21.5 Å². The van der Waals surface area contributed by atoms with Gasteiger partial charge in [0.1, 0.15) is 6.61 Å². The van der Waals surface area contributed by atoms with Crippen LogP contribution < -0.4 is 9.47 Å². The highest BCUT2D eigenvalue weighted by Crippen LogP contribution is 2.29. The molecular weight excluding hydrogens is 512 g/mol. The zero-order valence-corrected chi connectivity index (χ0v) is 21.6. The number of hydrogen-bond donors (Lipinski definition) is 2. The number of rotatable bonds is 7. The molecule has 3 aromatic carbocycles. The Hall–Kier alpha value is -4.08. The first-order chi connectivity index (χ1) is 18.3. The molecule has 0 atom stereocenters. The number of piperazine rings is 1. The van der Waals surface area contributed by atoms with Crippen molar-refractivity contribution in [3.63, 3.8) is 0 Å². The Balaban J connectivity index is 0.000000599. The molecule has 9 nitrogen and oxygen atoms in total. The van der Waals surface area contributed by atoms with E-state index >= 15 is 0 Å². The zero-order chi connectivity index (χ0) is 27.5. The van der Waals surface area contributed by atoms with Gasteiger partial charge >= 0.3 is 11.9 Å². The van der Waals surface area contributed by atoms with E-state index in [1.165, 1.54) is 0 Å². The van der Waals surface area contributed by atoms with Crippen molar-refractivity contribution in [1.82, 2.24) is 9.80 Å². The van der Waals surface area contributed by atoms with Crippen molar-refractivity contribution >= 4 is 29.4 Å². The second kappa shape index (κ2) is 14.0. The fraction of sp³-hybridized carbons (Fsp3) is 0.250. The summed E-state index contributed by atoms with van der Waals surface area (Å²) in [6, 6.07) is 23.3. The molecule has 0 aromatic heterocycles. The molecule has 3 aromatic rings. The Kier molecular flexibility index (Phi) is 10.5. The Morgan fingerprint density at radius 1 is 0.816 bits per heavy atom. The number of carboxylic acids is 2. The number of carbonyl (C=O) groups excluding carboxylic acids is 1. The molecule has 0 bridgehead atoms. The molecule has 200 valence electrons. The third-order valence-electron chi connectivity index (χ3n) is 5.79. The minimum absolute atomic E-state index is 0.0354. The maximum atomic E-state index is 12.7. The molecule has 10 heteroatoms. The van der Waals surface area contributed by atoms with E-state index in [2.05, 4.69) is 11.0 Å². The lowest BCUT2D eigenvalue weighted by molar-refractivity contribution is -0.159. The topological polar surface area (TPSA) is 117 Å². The number of aliphatic carboxylic acids is 2. The van der Waals surface area contributed by atoms with Crippen LogP contribution in [0, 0.1) is 0 Å². The Morgan fingerprint density at radius 2 is 1.50 bits per heavy atom. The van der Waals surface area contributed by atoms with Crippen molar-refractivity contribution in [1.29, 1.82) is 0 Å². The molecule has 1 saturated heterocycles. The molecule has 1 fully saturated rings. The molecule has 2 N–H and O–H groups in total. The van der Waals surface area contributed by atoms with Crippen LogP contribution in [-0.4, -0.2) is 71.1 Å². The van der Waals surface area contributed by atoms with Crippen molar-refractivity contribution in [2.75, 3.05) is 33.3 Å². The van der Waals surface area contributed by atoms with E-state index in [4.69, 9.17) is 40.9 Å². The lowest BCUT2D eigenvalue weighted by Gasteiger charge is -2.35. The molecule has 0 saturated carbocycles. The second-order valence-corrected chi connectivity index (χ2v) is 8.88. The van der Waals surface area contributed by atoms with Gasteiger partial charge in [0.25, 0.3) is 5.91 Å². The predicted octanol–water partition coefficient (Wildman–Crippen LogP) is 4.04. The lowest BCUT2D eigenvalue weighted by Crippen LogP contribution is -2.48. The van der Waals surface area contributed by atoms with Crippen molar-refractivity contribution in [3.05, 3.63) is 94.5 Å². The molecule has 1 aliphatic heterocycles. The monoisotopic (exact) mass is 540 g/mol. The van der Waals surface area contributed by atoms with Gasteiger partial charge in [-0.25, -0.2) is 9.59 Å². The zero-order valence-electron chi connectivity index (χ0n) is 20.9. The Labute approximate surface area is 225 Å². The van der Waals surface area contributed by atoms with Gasteiger partial charge in [-0.1, -0.05) is 54.1 Å². The van der Waals surface area contributed by atoms with E-state index in [9.17, 15) is 4.79 Å². The fourth-order valence-corrected chi connectivity index (χ4v) is 4.03. The fourth-order valence-electron chi connectivity index (χ4n) is 3.84. The normalized spacial score (nSPS) is 13.2. The van der Waals surface area contributed by atoms with Crippen LogP contribution in [0.4, 0.5) is 0 Å². The van der Waals surface area contributed by atoms with Gasteiger partial charge in [0.05, 0.1) is 7.11 Å². The van der Waals surface area contributed by atoms with Crippen molar-refractivity contribution in [2.45, 2.75) is 13.2 Å². The van der Waals surface area contributed by atoms with E-state index in [0.29, 0.717) is 30.3 Å². The van der Waals surface area contributed by atoms with E-state index in [1.807, 2.05) is 59.5 Å². The highest BCUT2D eigenvalue weighted by atomic mass is 35.5. The average molecular weight is 541 g/mol. The second-order valence-electron chi connectivity index (χ2n) is 8.45. The van der Waals surface area contributed by atoms with Crippen LogP contribution in [0.3, 0.4) is 0 Å². The van der Waals surface area contributed by atoms with Crippen LogP contribution in [0.25, 0.3) is 0 Å². The third-order valence-corrected chi connectivity index (χ3v) is 6.02. The van der Waals surface area contributed by atoms with Crippen LogP contribution in [0.5, 0.6) is 11.5 Å².